The van der Waals surface area contributed by atoms with Crippen LogP contribution >= 0.6 is 0 Å². The number of aliphatic hydroxyl groups is 1. The monoisotopic (exact) mass is 305 g/mol. The third-order valence-corrected chi connectivity index (χ3v) is 4.50. The molecule has 4 nitrogen and oxygen atoms in total. The molecule has 0 aliphatic carbocycles. The molecule has 0 radical (unpaired) electrons. The van der Waals surface area contributed by atoms with Crippen molar-refractivity contribution in [2.75, 3.05) is 5.75 Å². The summed E-state index contributed by atoms with van der Waals surface area (Å²) in [7, 11) is -3.31. The normalized spacial score (nSPS) is 11.5. The molecule has 0 bridgehead atoms. The molecule has 5 heteroatoms. The van der Waals surface area contributed by atoms with Crippen molar-refractivity contribution in [3.8, 4) is 0 Å². The molecule has 0 fully saturated rings. The fourth-order valence-corrected chi connectivity index (χ4v) is 3.04. The molecule has 0 aliphatic rings. The predicted octanol–water partition coefficient (Wildman–Crippen LogP) is 1.84. The lowest BCUT2D eigenvalue weighted by atomic mass is 10.1. The lowest BCUT2D eigenvalue weighted by molar-refractivity contribution is 0.281. The molecule has 2 aromatic rings. The van der Waals surface area contributed by atoms with Gasteiger partial charge in [0.1, 0.15) is 0 Å². The van der Waals surface area contributed by atoms with E-state index in [1.807, 2.05) is 36.4 Å². The fraction of sp³-hybridized carbons (Fsp3) is 0.250. The zero-order valence-corrected chi connectivity index (χ0v) is 12.5. The van der Waals surface area contributed by atoms with E-state index in [-0.39, 0.29) is 18.9 Å². The highest BCUT2D eigenvalue weighted by Crippen LogP contribution is 2.06. The molecule has 2 N–H and O–H groups in total. The first-order valence-corrected chi connectivity index (χ1v) is 8.44. The van der Waals surface area contributed by atoms with Crippen LogP contribution in [0, 0.1) is 0 Å². The van der Waals surface area contributed by atoms with Crippen LogP contribution in [0.1, 0.15) is 16.7 Å². The standard InChI is InChI=1S/C16H19NO3S/c18-13-16-8-4-7-15(11-16)12-17-21(19,20)10-9-14-5-2-1-3-6-14/h1-8,11,17-18H,9-10,12-13H2. The molecule has 0 saturated carbocycles. The number of aryl methyl sites for hydroxylation is 1. The molecule has 0 spiro atoms. The molecule has 2 rings (SSSR count). The Kier molecular flexibility index (Phi) is 5.50. The zero-order valence-electron chi connectivity index (χ0n) is 11.7. The molecule has 0 amide bonds. The molecular formula is C16H19NO3S. The molecule has 0 heterocycles. The smallest absolute Gasteiger partial charge is 0.212 e. The van der Waals surface area contributed by atoms with Gasteiger partial charge in [-0.3, -0.25) is 0 Å². The Balaban J connectivity index is 1.89. The van der Waals surface area contributed by atoms with Crippen molar-refractivity contribution >= 4 is 10.0 Å². The highest BCUT2D eigenvalue weighted by molar-refractivity contribution is 7.89. The summed E-state index contributed by atoms with van der Waals surface area (Å²) < 4.78 is 26.5. The average molecular weight is 305 g/mol. The van der Waals surface area contributed by atoms with Crippen LogP contribution in [0.2, 0.25) is 0 Å². The van der Waals surface area contributed by atoms with E-state index in [0.717, 1.165) is 16.7 Å². The van der Waals surface area contributed by atoms with Gasteiger partial charge in [-0.05, 0) is 23.1 Å². The van der Waals surface area contributed by atoms with E-state index < -0.39 is 10.0 Å². The Morgan fingerprint density at radius 3 is 2.29 bits per heavy atom. The number of benzene rings is 2. The van der Waals surface area contributed by atoms with Gasteiger partial charge in [0, 0.05) is 6.54 Å². The van der Waals surface area contributed by atoms with Crippen LogP contribution in [-0.2, 0) is 29.6 Å². The Labute approximate surface area is 125 Å². The van der Waals surface area contributed by atoms with E-state index in [1.165, 1.54) is 0 Å². The Morgan fingerprint density at radius 2 is 1.57 bits per heavy atom. The molecule has 21 heavy (non-hydrogen) atoms. The summed E-state index contributed by atoms with van der Waals surface area (Å²) in [5.41, 5.74) is 2.62. The molecule has 2 aromatic carbocycles. The quantitative estimate of drug-likeness (QED) is 0.820. The van der Waals surface area contributed by atoms with Crippen LogP contribution in [0.15, 0.2) is 54.6 Å². The summed E-state index contributed by atoms with van der Waals surface area (Å²) in [5.74, 6) is 0.0662. The van der Waals surface area contributed by atoms with Crippen LogP contribution in [0.5, 0.6) is 0 Å². The number of hydrogen-bond acceptors (Lipinski definition) is 3. The summed E-state index contributed by atoms with van der Waals surface area (Å²) >= 11 is 0. The van der Waals surface area contributed by atoms with Gasteiger partial charge in [-0.15, -0.1) is 0 Å². The molecular weight excluding hydrogens is 286 g/mol. The van der Waals surface area contributed by atoms with Crippen LogP contribution < -0.4 is 4.72 Å². The lowest BCUT2D eigenvalue weighted by Gasteiger charge is -2.08. The SMILES string of the molecule is O=S(=O)(CCc1ccccc1)NCc1cccc(CO)c1. The minimum Gasteiger partial charge on any atom is -0.392 e. The van der Waals surface area contributed by atoms with Gasteiger partial charge < -0.3 is 5.11 Å². The Morgan fingerprint density at radius 1 is 0.905 bits per heavy atom. The van der Waals surface area contributed by atoms with Crippen molar-refractivity contribution < 1.29 is 13.5 Å². The van der Waals surface area contributed by atoms with Crippen molar-refractivity contribution in [3.63, 3.8) is 0 Å². The number of nitrogens with one attached hydrogen (secondary N) is 1. The third kappa shape index (κ3) is 5.30. The largest absolute Gasteiger partial charge is 0.392 e. The molecule has 0 aliphatic heterocycles. The third-order valence-electron chi connectivity index (χ3n) is 3.17. The van der Waals surface area contributed by atoms with Crippen LogP contribution in [0.25, 0.3) is 0 Å². The van der Waals surface area contributed by atoms with Crippen molar-refractivity contribution in [1.82, 2.24) is 4.72 Å². The maximum atomic E-state index is 12.0. The second kappa shape index (κ2) is 7.36. The summed E-state index contributed by atoms with van der Waals surface area (Å²) in [6, 6.07) is 16.8. The van der Waals surface area contributed by atoms with Gasteiger partial charge in [-0.2, -0.15) is 0 Å². The van der Waals surface area contributed by atoms with E-state index >= 15 is 0 Å². The predicted molar refractivity (Wildman–Crippen MR) is 83.1 cm³/mol. The highest BCUT2D eigenvalue weighted by atomic mass is 32.2. The first-order chi connectivity index (χ1) is 10.1. The van der Waals surface area contributed by atoms with Crippen LogP contribution in [0.4, 0.5) is 0 Å². The van der Waals surface area contributed by atoms with Crippen LogP contribution in [-0.4, -0.2) is 19.3 Å². The molecule has 0 aromatic heterocycles. The summed E-state index contributed by atoms with van der Waals surface area (Å²) in [6.07, 6.45) is 0.493. The van der Waals surface area contributed by atoms with Crippen molar-refractivity contribution in [2.45, 2.75) is 19.6 Å². The van der Waals surface area contributed by atoms with Gasteiger partial charge in [-0.25, -0.2) is 13.1 Å². The Bertz CT molecular complexity index is 669. The van der Waals surface area contributed by atoms with E-state index in [0.29, 0.717) is 6.42 Å². The first kappa shape index (κ1) is 15.7. The lowest BCUT2D eigenvalue weighted by Crippen LogP contribution is -2.26. The van der Waals surface area contributed by atoms with Gasteiger partial charge in [-0.1, -0.05) is 54.6 Å². The molecule has 0 atom stereocenters. The first-order valence-electron chi connectivity index (χ1n) is 6.79. The summed E-state index contributed by atoms with van der Waals surface area (Å²) in [6.45, 7) is 0.194. The fourth-order valence-electron chi connectivity index (χ4n) is 2.00. The van der Waals surface area contributed by atoms with Gasteiger partial charge >= 0.3 is 0 Å². The zero-order chi connectivity index (χ0) is 15.1. The molecule has 0 saturated heterocycles. The number of sulfonamides is 1. The van der Waals surface area contributed by atoms with Gasteiger partial charge in [0.2, 0.25) is 10.0 Å². The van der Waals surface area contributed by atoms with Gasteiger partial charge in [0.15, 0.2) is 0 Å². The number of aliphatic hydroxyl groups excluding tert-OH is 1. The van der Waals surface area contributed by atoms with E-state index in [1.54, 1.807) is 18.2 Å². The van der Waals surface area contributed by atoms with Gasteiger partial charge in [0.05, 0.1) is 12.4 Å². The second-order valence-corrected chi connectivity index (χ2v) is 6.78. The van der Waals surface area contributed by atoms with Gasteiger partial charge in [0.25, 0.3) is 0 Å². The molecule has 0 unspecified atom stereocenters. The molecule has 112 valence electrons. The number of hydrogen-bond donors (Lipinski definition) is 2. The van der Waals surface area contributed by atoms with Crippen molar-refractivity contribution in [2.24, 2.45) is 0 Å². The van der Waals surface area contributed by atoms with E-state index in [4.69, 9.17) is 5.11 Å². The van der Waals surface area contributed by atoms with Crippen molar-refractivity contribution in [1.29, 1.82) is 0 Å². The topological polar surface area (TPSA) is 66.4 Å². The average Bonchev–Trinajstić information content (AvgIpc) is 2.52. The number of rotatable bonds is 7. The summed E-state index contributed by atoms with van der Waals surface area (Å²) in [4.78, 5) is 0. The van der Waals surface area contributed by atoms with Crippen LogP contribution in [0.3, 0.4) is 0 Å². The second-order valence-electron chi connectivity index (χ2n) is 4.85. The minimum atomic E-state index is -3.31. The minimum absolute atomic E-state index is 0.0470. The maximum Gasteiger partial charge on any atom is 0.212 e. The summed E-state index contributed by atoms with van der Waals surface area (Å²) in [5, 5.41) is 9.06. The maximum absolute atomic E-state index is 12.0. The van der Waals surface area contributed by atoms with E-state index in [9.17, 15) is 8.42 Å². The Hall–Kier alpha value is -1.69. The van der Waals surface area contributed by atoms with E-state index in [2.05, 4.69) is 4.72 Å². The van der Waals surface area contributed by atoms with Crippen molar-refractivity contribution in [3.05, 3.63) is 71.3 Å². The highest BCUT2D eigenvalue weighted by Gasteiger charge is 2.10.